The third-order valence-electron chi connectivity index (χ3n) is 5.27. The third kappa shape index (κ3) is 2.70. The van der Waals surface area contributed by atoms with Gasteiger partial charge in [-0.2, -0.15) is 4.98 Å². The summed E-state index contributed by atoms with van der Waals surface area (Å²) in [4.78, 5) is 26.1. The van der Waals surface area contributed by atoms with Gasteiger partial charge < -0.3 is 5.32 Å². The van der Waals surface area contributed by atoms with Crippen LogP contribution >= 0.6 is 0 Å². The van der Waals surface area contributed by atoms with E-state index in [4.69, 9.17) is 10.1 Å². The van der Waals surface area contributed by atoms with Gasteiger partial charge in [0, 0.05) is 48.0 Å². The fourth-order valence-electron chi connectivity index (χ4n) is 4.08. The Hall–Kier alpha value is -3.35. The lowest BCUT2D eigenvalue weighted by Crippen LogP contribution is -2.36. The van der Waals surface area contributed by atoms with E-state index in [1.807, 2.05) is 28.9 Å². The molecule has 28 heavy (non-hydrogen) atoms. The number of anilines is 1. The van der Waals surface area contributed by atoms with Gasteiger partial charge in [0.05, 0.1) is 0 Å². The van der Waals surface area contributed by atoms with E-state index in [2.05, 4.69) is 29.1 Å². The predicted octanol–water partition coefficient (Wildman–Crippen LogP) is 3.39. The Morgan fingerprint density at radius 3 is 2.68 bits per heavy atom. The number of Topliss-reactive ketones (excluding diaryl/α,β-unsaturated/α-hetero) is 1. The first kappa shape index (κ1) is 16.8. The Labute approximate surface area is 162 Å². The molecule has 1 unspecified atom stereocenters. The van der Waals surface area contributed by atoms with E-state index in [1.54, 1.807) is 24.8 Å². The Kier molecular flexibility index (Phi) is 3.65. The molecule has 1 atom stereocenters. The quantitative estimate of drug-likeness (QED) is 0.742. The summed E-state index contributed by atoms with van der Waals surface area (Å²) in [6.45, 7) is 4.25. The molecule has 0 amide bonds. The van der Waals surface area contributed by atoms with Gasteiger partial charge in [0.2, 0.25) is 5.95 Å². The first-order chi connectivity index (χ1) is 13.5. The minimum absolute atomic E-state index is 0.0833. The fraction of sp³-hybridized carbons (Fsp3) is 0.286. The van der Waals surface area contributed by atoms with Gasteiger partial charge in [-0.15, -0.1) is 5.10 Å². The molecule has 5 rings (SSSR count). The van der Waals surface area contributed by atoms with Crippen LogP contribution in [0.3, 0.4) is 0 Å². The van der Waals surface area contributed by atoms with Crippen molar-refractivity contribution in [2.45, 2.75) is 32.7 Å². The van der Waals surface area contributed by atoms with Gasteiger partial charge in [-0.1, -0.05) is 13.8 Å². The van der Waals surface area contributed by atoms with E-state index in [0.29, 0.717) is 18.2 Å². The zero-order chi connectivity index (χ0) is 19.3. The number of nitrogens with zero attached hydrogens (tertiary/aromatic N) is 5. The van der Waals surface area contributed by atoms with E-state index >= 15 is 0 Å². The summed E-state index contributed by atoms with van der Waals surface area (Å²) in [5.41, 5.74) is 3.45. The molecule has 1 aliphatic heterocycles. The summed E-state index contributed by atoms with van der Waals surface area (Å²) in [6.07, 6.45) is 8.27. The molecule has 7 heteroatoms. The van der Waals surface area contributed by atoms with Crippen LogP contribution in [0, 0.1) is 5.41 Å². The topological polar surface area (TPSA) is 85.6 Å². The average molecular weight is 372 g/mol. The maximum absolute atomic E-state index is 13.1. The second-order valence-corrected chi connectivity index (χ2v) is 8.09. The largest absolute Gasteiger partial charge is 0.328 e. The highest BCUT2D eigenvalue weighted by Crippen LogP contribution is 2.45. The Morgan fingerprint density at radius 1 is 1.11 bits per heavy atom. The molecule has 1 aliphatic carbocycles. The second kappa shape index (κ2) is 6.09. The van der Waals surface area contributed by atoms with E-state index in [9.17, 15) is 4.79 Å². The smallest absolute Gasteiger partial charge is 0.226 e. The Balaban J connectivity index is 1.69. The van der Waals surface area contributed by atoms with Crippen LogP contribution < -0.4 is 5.32 Å². The molecule has 1 N–H and O–H groups in total. The molecule has 0 saturated carbocycles. The summed E-state index contributed by atoms with van der Waals surface area (Å²) in [6, 6.07) is 7.34. The van der Waals surface area contributed by atoms with Crippen molar-refractivity contribution in [3.8, 4) is 11.4 Å². The van der Waals surface area contributed by atoms with Crippen LogP contribution in [0.25, 0.3) is 11.4 Å². The normalized spacial score (nSPS) is 20.4. The van der Waals surface area contributed by atoms with Crippen molar-refractivity contribution in [1.29, 1.82) is 0 Å². The third-order valence-corrected chi connectivity index (χ3v) is 5.27. The fourth-order valence-corrected chi connectivity index (χ4v) is 4.08. The van der Waals surface area contributed by atoms with Crippen molar-refractivity contribution in [3.05, 3.63) is 65.9 Å². The van der Waals surface area contributed by atoms with Gasteiger partial charge in [0.15, 0.2) is 11.6 Å². The molecule has 140 valence electrons. The zero-order valence-electron chi connectivity index (χ0n) is 15.8. The first-order valence-corrected chi connectivity index (χ1v) is 9.32. The summed E-state index contributed by atoms with van der Waals surface area (Å²) < 4.78 is 1.81. The summed E-state index contributed by atoms with van der Waals surface area (Å²) in [7, 11) is 0. The van der Waals surface area contributed by atoms with Gasteiger partial charge in [0.25, 0.3) is 0 Å². The molecular formula is C21H20N6O. The molecular weight excluding hydrogens is 352 g/mol. The zero-order valence-corrected chi connectivity index (χ0v) is 15.8. The molecule has 3 aromatic rings. The maximum Gasteiger partial charge on any atom is 0.226 e. The Bertz CT molecular complexity index is 1080. The molecule has 0 bridgehead atoms. The first-order valence-electron chi connectivity index (χ1n) is 9.32. The van der Waals surface area contributed by atoms with Crippen LogP contribution in [0.2, 0.25) is 0 Å². The lowest BCUT2D eigenvalue weighted by Gasteiger charge is -2.38. The molecule has 0 fully saturated rings. The minimum atomic E-state index is -0.309. The van der Waals surface area contributed by atoms with Crippen LogP contribution in [0.1, 0.15) is 38.3 Å². The van der Waals surface area contributed by atoms with Crippen LogP contribution in [0.15, 0.2) is 60.3 Å². The summed E-state index contributed by atoms with van der Waals surface area (Å²) in [5, 5.41) is 8.12. The van der Waals surface area contributed by atoms with E-state index in [0.717, 1.165) is 28.8 Å². The molecule has 0 saturated heterocycles. The van der Waals surface area contributed by atoms with Gasteiger partial charge in [-0.25, -0.2) is 4.68 Å². The van der Waals surface area contributed by atoms with E-state index < -0.39 is 0 Å². The number of carbonyl (C=O) groups excluding carboxylic acids is 1. The number of hydrogen-bond acceptors (Lipinski definition) is 6. The van der Waals surface area contributed by atoms with Crippen LogP contribution in [-0.4, -0.2) is 30.5 Å². The summed E-state index contributed by atoms with van der Waals surface area (Å²) >= 11 is 0. The standard InChI is InChI=1S/C21H20N6O/c1-21(2)10-15-17(16(28)11-21)18(13-5-8-22-9-6-13)27-20(24-15)25-19(26-27)14-4-3-7-23-12-14/h3-9,12,18H,10-11H2,1-2H3,(H,24,25,26). The summed E-state index contributed by atoms with van der Waals surface area (Å²) in [5.74, 6) is 1.38. The number of carbonyl (C=O) groups is 1. The highest BCUT2D eigenvalue weighted by Gasteiger charge is 2.41. The van der Waals surface area contributed by atoms with Gasteiger partial charge in [0.1, 0.15) is 6.04 Å². The lowest BCUT2D eigenvalue weighted by atomic mass is 9.73. The van der Waals surface area contributed by atoms with Crippen molar-refractivity contribution in [1.82, 2.24) is 24.7 Å². The number of nitrogens with one attached hydrogen (secondary N) is 1. The maximum atomic E-state index is 13.1. The predicted molar refractivity (Wildman–Crippen MR) is 104 cm³/mol. The number of ketones is 1. The number of pyridine rings is 2. The Morgan fingerprint density at radius 2 is 1.93 bits per heavy atom. The number of allylic oxidation sites excluding steroid dienone is 2. The van der Waals surface area contributed by atoms with Crippen molar-refractivity contribution < 1.29 is 4.79 Å². The van der Waals surface area contributed by atoms with Crippen LogP contribution in [0.5, 0.6) is 0 Å². The number of rotatable bonds is 2. The van der Waals surface area contributed by atoms with Crippen molar-refractivity contribution in [3.63, 3.8) is 0 Å². The average Bonchev–Trinajstić information content (AvgIpc) is 3.10. The molecule has 3 aromatic heterocycles. The molecule has 0 spiro atoms. The molecule has 2 aliphatic rings. The number of hydrogen-bond donors (Lipinski definition) is 1. The van der Waals surface area contributed by atoms with Crippen molar-refractivity contribution >= 4 is 11.7 Å². The lowest BCUT2D eigenvalue weighted by molar-refractivity contribution is -0.118. The highest BCUT2D eigenvalue weighted by atomic mass is 16.1. The molecule has 0 radical (unpaired) electrons. The van der Waals surface area contributed by atoms with E-state index in [-0.39, 0.29) is 17.2 Å². The second-order valence-electron chi connectivity index (χ2n) is 8.09. The number of fused-ring (bicyclic) bond motifs is 1. The van der Waals surface area contributed by atoms with E-state index in [1.165, 1.54) is 0 Å². The molecule has 4 heterocycles. The molecule has 0 aromatic carbocycles. The molecule has 7 nitrogen and oxygen atoms in total. The van der Waals surface area contributed by atoms with Gasteiger partial charge in [-0.05, 0) is 41.7 Å². The van der Waals surface area contributed by atoms with Gasteiger partial charge >= 0.3 is 0 Å². The minimum Gasteiger partial charge on any atom is -0.328 e. The van der Waals surface area contributed by atoms with Crippen molar-refractivity contribution in [2.75, 3.05) is 5.32 Å². The van der Waals surface area contributed by atoms with Crippen LogP contribution in [0.4, 0.5) is 5.95 Å². The highest BCUT2D eigenvalue weighted by molar-refractivity contribution is 6.00. The number of aromatic nitrogens is 5. The SMILES string of the molecule is CC1(C)CC(=O)C2=C(C1)Nc1nc(-c3cccnc3)nn1C2c1ccncc1. The van der Waals surface area contributed by atoms with Gasteiger partial charge in [-0.3, -0.25) is 14.8 Å². The monoisotopic (exact) mass is 372 g/mol. The van der Waals surface area contributed by atoms with Crippen molar-refractivity contribution in [2.24, 2.45) is 5.41 Å². The van der Waals surface area contributed by atoms with Crippen LogP contribution in [-0.2, 0) is 4.79 Å².